The quantitative estimate of drug-likeness (QED) is 0.564. The molecule has 2 aromatic rings. The Bertz CT molecular complexity index is 850. The van der Waals surface area contributed by atoms with E-state index < -0.39 is 0 Å². The molecule has 148 valence electrons. The number of hydrogen-bond donors (Lipinski definition) is 2. The normalized spacial score (nSPS) is 17.9. The summed E-state index contributed by atoms with van der Waals surface area (Å²) in [6.45, 7) is 2.19. The number of methoxy groups -OCH3 is 1. The maximum atomic E-state index is 11.7. The van der Waals surface area contributed by atoms with Crippen molar-refractivity contribution in [2.75, 3.05) is 32.2 Å². The standard InChI is InChI=1S/C23H28N2O3/c1-27-22-7-3-5-18-17(4-2-6-19(18)22)11-13-24-12-10-16-8-9-20-21(14-16)25-15-28-23(20)26/h3,5,7-9,14,17,24-25H,2,4,6,10-13,15H2,1H3. The van der Waals surface area contributed by atoms with Crippen LogP contribution in [0.5, 0.6) is 5.75 Å². The van der Waals surface area contributed by atoms with E-state index in [4.69, 9.17) is 9.47 Å². The summed E-state index contributed by atoms with van der Waals surface area (Å²) in [6.07, 6.45) is 5.72. The molecule has 1 atom stereocenters. The lowest BCUT2D eigenvalue weighted by atomic mass is 9.80. The van der Waals surface area contributed by atoms with Gasteiger partial charge in [-0.05, 0) is 86.0 Å². The Hall–Kier alpha value is -2.53. The summed E-state index contributed by atoms with van der Waals surface area (Å²) in [5.41, 5.74) is 5.60. The second-order valence-electron chi connectivity index (χ2n) is 7.54. The summed E-state index contributed by atoms with van der Waals surface area (Å²) >= 11 is 0. The summed E-state index contributed by atoms with van der Waals surface area (Å²) in [7, 11) is 1.76. The molecule has 0 amide bonds. The highest BCUT2D eigenvalue weighted by atomic mass is 16.5. The molecule has 0 spiro atoms. The van der Waals surface area contributed by atoms with Gasteiger partial charge in [0.05, 0.1) is 18.4 Å². The van der Waals surface area contributed by atoms with Crippen LogP contribution in [-0.2, 0) is 17.6 Å². The second kappa shape index (κ2) is 8.65. The Morgan fingerprint density at radius 3 is 3.07 bits per heavy atom. The van der Waals surface area contributed by atoms with Crippen LogP contribution in [0.25, 0.3) is 0 Å². The zero-order valence-electron chi connectivity index (χ0n) is 16.4. The van der Waals surface area contributed by atoms with E-state index in [0.29, 0.717) is 11.5 Å². The van der Waals surface area contributed by atoms with E-state index >= 15 is 0 Å². The molecule has 4 rings (SSSR count). The number of hydrogen-bond acceptors (Lipinski definition) is 5. The summed E-state index contributed by atoms with van der Waals surface area (Å²) in [4.78, 5) is 11.7. The largest absolute Gasteiger partial charge is 0.496 e. The second-order valence-corrected chi connectivity index (χ2v) is 7.54. The molecule has 0 saturated carbocycles. The number of cyclic esters (lactones) is 1. The van der Waals surface area contributed by atoms with E-state index in [1.807, 2.05) is 12.1 Å². The zero-order chi connectivity index (χ0) is 19.3. The third kappa shape index (κ3) is 3.99. The number of fused-ring (bicyclic) bond motifs is 2. The number of nitrogens with one attached hydrogen (secondary N) is 2. The van der Waals surface area contributed by atoms with Crippen LogP contribution in [0.2, 0.25) is 0 Å². The molecule has 28 heavy (non-hydrogen) atoms. The van der Waals surface area contributed by atoms with Gasteiger partial charge in [-0.15, -0.1) is 0 Å². The van der Waals surface area contributed by atoms with E-state index in [2.05, 4.69) is 34.9 Å². The minimum atomic E-state index is -0.247. The molecular formula is C23H28N2O3. The molecular weight excluding hydrogens is 352 g/mol. The average Bonchev–Trinajstić information content (AvgIpc) is 2.73. The minimum absolute atomic E-state index is 0.247. The first-order valence-corrected chi connectivity index (χ1v) is 10.2. The summed E-state index contributed by atoms with van der Waals surface area (Å²) in [5.74, 6) is 1.41. The number of benzene rings is 2. The van der Waals surface area contributed by atoms with Gasteiger partial charge in [0.15, 0.2) is 6.73 Å². The van der Waals surface area contributed by atoms with Crippen molar-refractivity contribution < 1.29 is 14.3 Å². The smallest absolute Gasteiger partial charge is 0.341 e. The Morgan fingerprint density at radius 1 is 1.25 bits per heavy atom. The number of anilines is 1. The van der Waals surface area contributed by atoms with Crippen LogP contribution in [0.3, 0.4) is 0 Å². The molecule has 2 aromatic carbocycles. The fourth-order valence-corrected chi connectivity index (χ4v) is 4.37. The maximum absolute atomic E-state index is 11.7. The van der Waals surface area contributed by atoms with Crippen LogP contribution in [0.4, 0.5) is 5.69 Å². The molecule has 0 fully saturated rings. The zero-order valence-corrected chi connectivity index (χ0v) is 16.4. The highest BCUT2D eigenvalue weighted by Gasteiger charge is 2.22. The maximum Gasteiger partial charge on any atom is 0.341 e. The van der Waals surface area contributed by atoms with Crippen molar-refractivity contribution in [1.29, 1.82) is 0 Å². The van der Waals surface area contributed by atoms with Gasteiger partial charge in [0.25, 0.3) is 0 Å². The molecule has 5 nitrogen and oxygen atoms in total. The highest BCUT2D eigenvalue weighted by molar-refractivity contribution is 5.97. The molecule has 0 bridgehead atoms. The van der Waals surface area contributed by atoms with Crippen LogP contribution >= 0.6 is 0 Å². The summed E-state index contributed by atoms with van der Waals surface area (Å²) in [6, 6.07) is 12.4. The fraction of sp³-hybridized carbons (Fsp3) is 0.435. The number of esters is 1. The van der Waals surface area contributed by atoms with Crippen molar-refractivity contribution in [2.45, 2.75) is 38.0 Å². The molecule has 1 aliphatic heterocycles. The number of ether oxygens (including phenoxy) is 2. The van der Waals surface area contributed by atoms with Crippen LogP contribution in [-0.4, -0.2) is 32.9 Å². The van der Waals surface area contributed by atoms with Crippen molar-refractivity contribution >= 4 is 11.7 Å². The molecule has 0 saturated heterocycles. The number of rotatable bonds is 7. The van der Waals surface area contributed by atoms with Gasteiger partial charge in [-0.2, -0.15) is 0 Å². The molecule has 2 aliphatic rings. The average molecular weight is 380 g/mol. The molecule has 1 aliphatic carbocycles. The first kappa shape index (κ1) is 18.8. The van der Waals surface area contributed by atoms with E-state index in [1.165, 1.54) is 29.5 Å². The van der Waals surface area contributed by atoms with Crippen molar-refractivity contribution in [3.05, 3.63) is 58.7 Å². The third-order valence-electron chi connectivity index (χ3n) is 5.84. The van der Waals surface area contributed by atoms with Crippen molar-refractivity contribution in [3.8, 4) is 5.75 Å². The van der Waals surface area contributed by atoms with Crippen LogP contribution < -0.4 is 15.4 Å². The Morgan fingerprint density at radius 2 is 2.18 bits per heavy atom. The highest BCUT2D eigenvalue weighted by Crippen LogP contribution is 2.38. The van der Waals surface area contributed by atoms with Gasteiger partial charge in [-0.1, -0.05) is 18.2 Å². The van der Waals surface area contributed by atoms with Gasteiger partial charge in [-0.3, -0.25) is 0 Å². The lowest BCUT2D eigenvalue weighted by Gasteiger charge is -2.27. The summed E-state index contributed by atoms with van der Waals surface area (Å²) in [5, 5.41) is 6.71. The predicted molar refractivity (Wildman–Crippen MR) is 110 cm³/mol. The molecule has 2 N–H and O–H groups in total. The van der Waals surface area contributed by atoms with Crippen molar-refractivity contribution in [3.63, 3.8) is 0 Å². The predicted octanol–water partition coefficient (Wildman–Crippen LogP) is 3.88. The first-order valence-electron chi connectivity index (χ1n) is 10.2. The third-order valence-corrected chi connectivity index (χ3v) is 5.84. The molecule has 0 aromatic heterocycles. The van der Waals surface area contributed by atoms with E-state index in [0.717, 1.165) is 43.8 Å². The minimum Gasteiger partial charge on any atom is -0.496 e. The SMILES string of the molecule is COc1cccc2c1CCCC2CCNCCc1ccc2c(c1)NCOC2=O. The monoisotopic (exact) mass is 380 g/mol. The lowest BCUT2D eigenvalue weighted by molar-refractivity contribution is 0.0518. The lowest BCUT2D eigenvalue weighted by Crippen LogP contribution is -2.23. The van der Waals surface area contributed by atoms with Gasteiger partial charge >= 0.3 is 5.97 Å². The van der Waals surface area contributed by atoms with Crippen molar-refractivity contribution in [1.82, 2.24) is 5.32 Å². The molecule has 1 heterocycles. The van der Waals surface area contributed by atoms with Gasteiger partial charge in [-0.25, -0.2) is 4.79 Å². The summed E-state index contributed by atoms with van der Waals surface area (Å²) < 4.78 is 10.5. The van der Waals surface area contributed by atoms with Gasteiger partial charge < -0.3 is 20.1 Å². The Labute approximate surface area is 166 Å². The van der Waals surface area contributed by atoms with Gasteiger partial charge in [0.2, 0.25) is 0 Å². The first-order chi connectivity index (χ1) is 13.8. The van der Waals surface area contributed by atoms with Crippen LogP contribution in [0.15, 0.2) is 36.4 Å². The molecule has 5 heteroatoms. The molecule has 0 radical (unpaired) electrons. The van der Waals surface area contributed by atoms with E-state index in [-0.39, 0.29) is 12.7 Å². The van der Waals surface area contributed by atoms with Crippen LogP contribution in [0, 0.1) is 0 Å². The van der Waals surface area contributed by atoms with Gasteiger partial charge in [0.1, 0.15) is 5.75 Å². The fourth-order valence-electron chi connectivity index (χ4n) is 4.37. The van der Waals surface area contributed by atoms with Crippen LogP contribution in [0.1, 0.15) is 52.2 Å². The Kier molecular flexibility index (Phi) is 5.81. The number of carbonyl (C=O) groups is 1. The van der Waals surface area contributed by atoms with Crippen molar-refractivity contribution in [2.24, 2.45) is 0 Å². The topological polar surface area (TPSA) is 59.6 Å². The van der Waals surface area contributed by atoms with Gasteiger partial charge in [0, 0.05) is 0 Å². The van der Waals surface area contributed by atoms with E-state index in [9.17, 15) is 4.79 Å². The number of carbonyl (C=O) groups excluding carboxylic acids is 1. The molecule has 1 unspecified atom stereocenters. The Balaban J connectivity index is 1.27. The van der Waals surface area contributed by atoms with E-state index in [1.54, 1.807) is 7.11 Å².